The van der Waals surface area contributed by atoms with Crippen molar-refractivity contribution in [1.29, 1.82) is 0 Å². The van der Waals surface area contributed by atoms with Crippen LogP contribution < -0.4 is 10.9 Å². The van der Waals surface area contributed by atoms with Crippen molar-refractivity contribution in [3.05, 3.63) is 69.6 Å². The van der Waals surface area contributed by atoms with Gasteiger partial charge in [0.15, 0.2) is 0 Å². The second-order valence-electron chi connectivity index (χ2n) is 9.78. The summed E-state index contributed by atoms with van der Waals surface area (Å²) in [6.07, 6.45) is 6.28. The normalized spacial score (nSPS) is 26.8. The van der Waals surface area contributed by atoms with Crippen LogP contribution in [0.3, 0.4) is 0 Å². The van der Waals surface area contributed by atoms with Gasteiger partial charge in [-0.25, -0.2) is 0 Å². The Bertz CT molecular complexity index is 1110. The first kappa shape index (κ1) is 23.0. The molecule has 1 aromatic carbocycles. The van der Waals surface area contributed by atoms with Gasteiger partial charge < -0.3 is 19.9 Å². The topological polar surface area (TPSA) is 77.8 Å². The van der Waals surface area contributed by atoms with Crippen LogP contribution in [0.1, 0.15) is 35.7 Å². The van der Waals surface area contributed by atoms with Crippen LogP contribution in [0.25, 0.3) is 12.2 Å². The Morgan fingerprint density at radius 1 is 1.12 bits per heavy atom. The molecule has 7 heteroatoms. The summed E-state index contributed by atoms with van der Waals surface area (Å²) >= 11 is 0. The maximum Gasteiger partial charge on any atom is 0.258 e. The lowest BCUT2D eigenvalue weighted by Crippen LogP contribution is -2.48. The highest BCUT2D eigenvalue weighted by Crippen LogP contribution is 2.48. The molecule has 1 amide bonds. The van der Waals surface area contributed by atoms with Gasteiger partial charge in [-0.05, 0) is 56.8 Å². The number of amides is 1. The van der Waals surface area contributed by atoms with E-state index in [1.165, 1.54) is 12.8 Å². The molecule has 180 valence electrons. The second kappa shape index (κ2) is 9.86. The highest BCUT2D eigenvalue weighted by atomic mass is 16.3. The van der Waals surface area contributed by atoms with Gasteiger partial charge in [0.25, 0.3) is 5.56 Å². The summed E-state index contributed by atoms with van der Waals surface area (Å²) in [6.45, 7) is 4.17. The number of likely N-dealkylation sites (N-methyl/N-ethyl adjacent to an activating group) is 1. The van der Waals surface area contributed by atoms with Crippen LogP contribution in [0.15, 0.2) is 47.3 Å². The maximum atomic E-state index is 13.2. The lowest BCUT2D eigenvalue weighted by Gasteiger charge is -2.27. The van der Waals surface area contributed by atoms with Gasteiger partial charge in [0.1, 0.15) is 0 Å². The third kappa shape index (κ3) is 4.24. The molecule has 7 nitrogen and oxygen atoms in total. The molecule has 0 radical (unpaired) electrons. The third-order valence-electron chi connectivity index (χ3n) is 7.83. The van der Waals surface area contributed by atoms with Crippen molar-refractivity contribution in [1.82, 2.24) is 19.7 Å². The van der Waals surface area contributed by atoms with Gasteiger partial charge in [0.2, 0.25) is 5.91 Å². The van der Waals surface area contributed by atoms with Crippen LogP contribution in [-0.4, -0.2) is 71.3 Å². The highest BCUT2D eigenvalue weighted by molar-refractivity contribution is 5.82. The number of fused-ring (bicyclic) bond motifs is 3. The Morgan fingerprint density at radius 2 is 1.88 bits per heavy atom. The van der Waals surface area contributed by atoms with Crippen molar-refractivity contribution in [2.75, 3.05) is 39.8 Å². The molecule has 0 bridgehead atoms. The molecule has 2 N–H and O–H groups in total. The van der Waals surface area contributed by atoms with E-state index in [1.54, 1.807) is 0 Å². The van der Waals surface area contributed by atoms with E-state index < -0.39 is 0 Å². The molecule has 0 unspecified atom stereocenters. The number of rotatable bonds is 7. The average Bonchev–Trinajstić information content (AvgIpc) is 3.56. The predicted octanol–water partition coefficient (Wildman–Crippen LogP) is 1.82. The number of benzene rings is 1. The van der Waals surface area contributed by atoms with Crippen LogP contribution in [0.4, 0.5) is 0 Å². The number of pyridine rings is 1. The Morgan fingerprint density at radius 3 is 2.62 bits per heavy atom. The van der Waals surface area contributed by atoms with E-state index in [-0.39, 0.29) is 42.0 Å². The summed E-state index contributed by atoms with van der Waals surface area (Å²) in [7, 11) is 1.95. The van der Waals surface area contributed by atoms with E-state index in [4.69, 9.17) is 0 Å². The summed E-state index contributed by atoms with van der Waals surface area (Å²) in [5.41, 5.74) is 2.60. The lowest BCUT2D eigenvalue weighted by atomic mass is 9.88. The maximum absolute atomic E-state index is 13.2. The monoisotopic (exact) mass is 462 g/mol. The van der Waals surface area contributed by atoms with E-state index >= 15 is 0 Å². The molecule has 5 rings (SSSR count). The van der Waals surface area contributed by atoms with Gasteiger partial charge in [-0.3, -0.25) is 14.5 Å². The molecule has 3 aliphatic rings. The highest BCUT2D eigenvalue weighted by Gasteiger charge is 2.54. The molecule has 2 saturated heterocycles. The van der Waals surface area contributed by atoms with Crippen LogP contribution >= 0.6 is 0 Å². The minimum atomic E-state index is -0.389. The van der Waals surface area contributed by atoms with Gasteiger partial charge in [-0.15, -0.1) is 0 Å². The minimum absolute atomic E-state index is 0.0178. The zero-order valence-corrected chi connectivity index (χ0v) is 19.8. The van der Waals surface area contributed by atoms with Gasteiger partial charge in [0, 0.05) is 49.3 Å². The van der Waals surface area contributed by atoms with Crippen molar-refractivity contribution in [3.63, 3.8) is 0 Å². The molecule has 4 atom stereocenters. The summed E-state index contributed by atoms with van der Waals surface area (Å²) in [5.74, 6) is -0.193. The molecule has 0 aliphatic carbocycles. The van der Waals surface area contributed by atoms with Crippen molar-refractivity contribution < 1.29 is 9.90 Å². The van der Waals surface area contributed by atoms with Gasteiger partial charge in [0.05, 0.1) is 12.1 Å². The smallest absolute Gasteiger partial charge is 0.258 e. The zero-order chi connectivity index (χ0) is 23.7. The number of carbonyl (C=O) groups excluding carboxylic acids is 1. The van der Waals surface area contributed by atoms with Crippen LogP contribution in [-0.2, 0) is 11.3 Å². The van der Waals surface area contributed by atoms with Crippen molar-refractivity contribution in [2.24, 2.45) is 11.8 Å². The number of nitrogens with zero attached hydrogens (tertiary/aromatic N) is 3. The number of hydrogen-bond donors (Lipinski definition) is 2. The average molecular weight is 463 g/mol. The number of aliphatic hydroxyl groups excluding tert-OH is 1. The largest absolute Gasteiger partial charge is 0.396 e. The molecule has 4 heterocycles. The number of nitrogens with one attached hydrogen (secondary N) is 1. The molecule has 1 aromatic heterocycles. The van der Waals surface area contributed by atoms with Crippen molar-refractivity contribution >= 4 is 18.1 Å². The predicted molar refractivity (Wildman–Crippen MR) is 133 cm³/mol. The fourth-order valence-corrected chi connectivity index (χ4v) is 6.12. The quantitative estimate of drug-likeness (QED) is 0.657. The molecule has 2 aromatic rings. The van der Waals surface area contributed by atoms with Crippen LogP contribution in [0, 0.1) is 11.8 Å². The summed E-state index contributed by atoms with van der Waals surface area (Å²) in [6, 6.07) is 13.4. The number of carbonyl (C=O) groups is 1. The Balaban J connectivity index is 1.32. The van der Waals surface area contributed by atoms with E-state index in [2.05, 4.69) is 15.1 Å². The first-order valence-corrected chi connectivity index (χ1v) is 12.4. The Labute approximate surface area is 200 Å². The van der Waals surface area contributed by atoms with E-state index in [1.807, 2.05) is 66.2 Å². The first-order valence-electron chi connectivity index (χ1n) is 12.4. The van der Waals surface area contributed by atoms with Gasteiger partial charge in [-0.2, -0.15) is 0 Å². The fourth-order valence-electron chi connectivity index (χ4n) is 6.12. The zero-order valence-electron chi connectivity index (χ0n) is 19.8. The summed E-state index contributed by atoms with van der Waals surface area (Å²) < 4.78 is 1.83. The molecular weight excluding hydrogens is 428 g/mol. The van der Waals surface area contributed by atoms with Crippen molar-refractivity contribution in [2.45, 2.75) is 31.5 Å². The van der Waals surface area contributed by atoms with Crippen molar-refractivity contribution in [3.8, 4) is 0 Å². The number of aliphatic hydroxyl groups is 1. The molecule has 0 saturated carbocycles. The standard InChI is InChI=1S/C27H34N4O3/c1-29-24-21(22(18-32)25(29)26(33)28-13-16-30-14-5-6-15-30)17-31-23(24)12-11-20(27(31)34)10-9-19-7-3-2-4-8-19/h2-4,7-12,21-22,24-25,32H,5-6,13-18H2,1H3,(H,28,33)/b10-9+/t21-,22-,24+,25-/m0/s1. The molecule has 34 heavy (non-hydrogen) atoms. The molecule has 2 fully saturated rings. The van der Waals surface area contributed by atoms with Crippen LogP contribution in [0.5, 0.6) is 0 Å². The number of likely N-dealkylation sites (tertiary alicyclic amines) is 2. The fraction of sp³-hybridized carbons (Fsp3) is 0.481. The summed E-state index contributed by atoms with van der Waals surface area (Å²) in [4.78, 5) is 30.8. The first-order chi connectivity index (χ1) is 16.6. The summed E-state index contributed by atoms with van der Waals surface area (Å²) in [5, 5.41) is 13.3. The van der Waals surface area contributed by atoms with Crippen LogP contribution in [0.2, 0.25) is 0 Å². The number of hydrogen-bond acceptors (Lipinski definition) is 5. The lowest BCUT2D eigenvalue weighted by molar-refractivity contribution is -0.127. The van der Waals surface area contributed by atoms with Gasteiger partial charge >= 0.3 is 0 Å². The number of aromatic nitrogens is 1. The molecule has 3 aliphatic heterocycles. The Hall–Kier alpha value is -2.74. The van der Waals surface area contributed by atoms with E-state index in [0.717, 1.165) is 30.9 Å². The second-order valence-corrected chi connectivity index (χ2v) is 9.78. The third-order valence-corrected chi connectivity index (χ3v) is 7.83. The van der Waals surface area contributed by atoms with E-state index in [9.17, 15) is 14.7 Å². The molecular formula is C27H34N4O3. The van der Waals surface area contributed by atoms with Gasteiger partial charge in [-0.1, -0.05) is 36.4 Å². The Kier molecular flexibility index (Phi) is 6.68. The van der Waals surface area contributed by atoms with E-state index in [0.29, 0.717) is 18.7 Å². The molecule has 0 spiro atoms. The minimum Gasteiger partial charge on any atom is -0.396 e. The SMILES string of the molecule is CN1[C@H](C(=O)NCCN2CCCC2)[C@@H](CO)[C@@H]2Cn3c(ccc(/C=C/c4ccccc4)c3=O)[C@@H]21.